The summed E-state index contributed by atoms with van der Waals surface area (Å²) in [5.74, 6) is -0.308. The van der Waals surface area contributed by atoms with E-state index in [1.54, 1.807) is 29.2 Å². The highest BCUT2D eigenvalue weighted by atomic mass is 35.5. The molecule has 6 heteroatoms. The van der Waals surface area contributed by atoms with Crippen molar-refractivity contribution in [1.29, 1.82) is 0 Å². The van der Waals surface area contributed by atoms with Gasteiger partial charge in [-0.05, 0) is 53.9 Å². The summed E-state index contributed by atoms with van der Waals surface area (Å²) in [6, 6.07) is 20.4. The minimum atomic E-state index is -0.308. The Labute approximate surface area is 173 Å². The summed E-state index contributed by atoms with van der Waals surface area (Å²) in [5, 5.41) is 4.03. The van der Waals surface area contributed by atoms with Crippen molar-refractivity contribution in [2.45, 2.75) is 13.0 Å². The van der Waals surface area contributed by atoms with Crippen LogP contribution >= 0.6 is 23.2 Å². The van der Waals surface area contributed by atoms with Crippen molar-refractivity contribution in [3.63, 3.8) is 0 Å². The second-order valence-electron chi connectivity index (χ2n) is 6.33. The van der Waals surface area contributed by atoms with Gasteiger partial charge in [-0.3, -0.25) is 0 Å². The van der Waals surface area contributed by atoms with Crippen LogP contribution in [0.1, 0.15) is 11.1 Å². The highest BCUT2D eigenvalue weighted by molar-refractivity contribution is 6.35. The zero-order valence-corrected chi connectivity index (χ0v) is 16.6. The van der Waals surface area contributed by atoms with Crippen LogP contribution in [0.5, 0.6) is 0 Å². The van der Waals surface area contributed by atoms with Crippen LogP contribution in [0.4, 0.5) is 14.9 Å². The Morgan fingerprint density at radius 2 is 1.68 bits per heavy atom. The molecule has 0 unspecified atom stereocenters. The number of halogens is 3. The molecule has 3 nitrogen and oxygen atoms in total. The van der Waals surface area contributed by atoms with Gasteiger partial charge in [0.2, 0.25) is 0 Å². The lowest BCUT2D eigenvalue weighted by Gasteiger charge is -2.24. The molecular weight excluding hydrogens is 398 g/mol. The fourth-order valence-electron chi connectivity index (χ4n) is 2.77. The number of rotatable bonds is 6. The third-order valence-corrected chi connectivity index (χ3v) is 4.85. The van der Waals surface area contributed by atoms with Gasteiger partial charge in [-0.25, -0.2) is 9.18 Å². The fraction of sp³-hybridized carbons (Fsp3) is 0.136. The Balaban J connectivity index is 1.74. The van der Waals surface area contributed by atoms with Crippen molar-refractivity contribution in [3.8, 4) is 0 Å². The maximum Gasteiger partial charge on any atom is 0.322 e. The van der Waals surface area contributed by atoms with Gasteiger partial charge in [-0.2, -0.15) is 0 Å². The molecule has 3 aromatic rings. The van der Waals surface area contributed by atoms with Gasteiger partial charge in [-0.15, -0.1) is 0 Å². The second-order valence-corrected chi connectivity index (χ2v) is 7.17. The number of para-hydroxylation sites is 1. The number of nitrogens with zero attached hydrogens (tertiary/aromatic N) is 1. The van der Waals surface area contributed by atoms with Crippen LogP contribution < -0.4 is 5.32 Å². The van der Waals surface area contributed by atoms with Gasteiger partial charge in [0.1, 0.15) is 5.82 Å². The Morgan fingerprint density at radius 1 is 0.964 bits per heavy atom. The normalized spacial score (nSPS) is 10.5. The lowest BCUT2D eigenvalue weighted by Crippen LogP contribution is -2.36. The van der Waals surface area contributed by atoms with Gasteiger partial charge < -0.3 is 10.2 Å². The summed E-state index contributed by atoms with van der Waals surface area (Å²) in [4.78, 5) is 14.5. The van der Waals surface area contributed by atoms with Crippen LogP contribution in [0.3, 0.4) is 0 Å². The molecule has 0 atom stereocenters. The lowest BCUT2D eigenvalue weighted by molar-refractivity contribution is 0.210. The number of hydrogen-bond donors (Lipinski definition) is 1. The van der Waals surface area contributed by atoms with E-state index in [9.17, 15) is 9.18 Å². The van der Waals surface area contributed by atoms with Crippen molar-refractivity contribution in [2.24, 2.45) is 0 Å². The molecule has 0 fully saturated rings. The van der Waals surface area contributed by atoms with Gasteiger partial charge in [0, 0.05) is 28.8 Å². The van der Waals surface area contributed by atoms with Crippen molar-refractivity contribution in [3.05, 3.63) is 99.8 Å². The van der Waals surface area contributed by atoms with Crippen molar-refractivity contribution in [2.75, 3.05) is 11.9 Å². The first-order valence-corrected chi connectivity index (χ1v) is 9.56. The van der Waals surface area contributed by atoms with Gasteiger partial charge in [0.05, 0.1) is 0 Å². The molecule has 1 N–H and O–H groups in total. The van der Waals surface area contributed by atoms with E-state index in [4.69, 9.17) is 23.2 Å². The molecule has 28 heavy (non-hydrogen) atoms. The molecule has 0 aliphatic heterocycles. The van der Waals surface area contributed by atoms with Crippen molar-refractivity contribution in [1.82, 2.24) is 4.90 Å². The molecule has 0 aromatic heterocycles. The predicted molar refractivity (Wildman–Crippen MR) is 112 cm³/mol. The summed E-state index contributed by atoms with van der Waals surface area (Å²) >= 11 is 12.2. The van der Waals surface area contributed by atoms with E-state index in [2.05, 4.69) is 5.32 Å². The van der Waals surface area contributed by atoms with Gasteiger partial charge in [-0.1, -0.05) is 59.6 Å². The number of hydrogen-bond acceptors (Lipinski definition) is 1. The monoisotopic (exact) mass is 416 g/mol. The van der Waals surface area contributed by atoms with E-state index >= 15 is 0 Å². The minimum Gasteiger partial charge on any atom is -0.320 e. The van der Waals surface area contributed by atoms with E-state index in [1.165, 1.54) is 12.1 Å². The van der Waals surface area contributed by atoms with Crippen LogP contribution in [-0.2, 0) is 13.0 Å². The minimum absolute atomic E-state index is 0.236. The summed E-state index contributed by atoms with van der Waals surface area (Å²) < 4.78 is 13.2. The maximum absolute atomic E-state index is 13.2. The zero-order valence-electron chi connectivity index (χ0n) is 15.0. The van der Waals surface area contributed by atoms with Crippen LogP contribution in [0.25, 0.3) is 0 Å². The largest absolute Gasteiger partial charge is 0.322 e. The lowest BCUT2D eigenvalue weighted by atomic mass is 10.1. The van der Waals surface area contributed by atoms with E-state index in [1.807, 2.05) is 36.4 Å². The van der Waals surface area contributed by atoms with Gasteiger partial charge in [0.15, 0.2) is 0 Å². The fourth-order valence-corrected chi connectivity index (χ4v) is 3.27. The molecule has 0 aliphatic carbocycles. The molecule has 0 spiro atoms. The number of nitrogens with one attached hydrogen (secondary N) is 1. The van der Waals surface area contributed by atoms with E-state index in [0.29, 0.717) is 35.2 Å². The number of carbonyl (C=O) groups is 1. The molecule has 3 rings (SSSR count). The molecule has 2 amide bonds. The van der Waals surface area contributed by atoms with Crippen molar-refractivity contribution < 1.29 is 9.18 Å². The molecule has 0 radical (unpaired) electrons. The van der Waals surface area contributed by atoms with E-state index in [-0.39, 0.29) is 11.8 Å². The topological polar surface area (TPSA) is 32.3 Å². The SMILES string of the molecule is O=C(Nc1ccccc1)N(CCc1ccc(Cl)cc1Cl)Cc1ccc(F)cc1. The summed E-state index contributed by atoms with van der Waals surface area (Å²) in [6.45, 7) is 0.793. The summed E-state index contributed by atoms with van der Waals surface area (Å²) in [7, 11) is 0. The first-order chi connectivity index (χ1) is 13.5. The predicted octanol–water partition coefficient (Wildman–Crippen LogP) is 6.41. The van der Waals surface area contributed by atoms with Crippen molar-refractivity contribution >= 4 is 34.9 Å². The number of carbonyl (C=O) groups excluding carboxylic acids is 1. The third kappa shape index (κ3) is 5.72. The molecule has 0 aliphatic rings. The highest BCUT2D eigenvalue weighted by Crippen LogP contribution is 2.22. The maximum atomic E-state index is 13.2. The van der Waals surface area contributed by atoms with E-state index < -0.39 is 0 Å². The Hall–Kier alpha value is -2.56. The first-order valence-electron chi connectivity index (χ1n) is 8.80. The number of amides is 2. The van der Waals surface area contributed by atoms with Crippen LogP contribution in [0, 0.1) is 5.82 Å². The molecule has 0 saturated carbocycles. The van der Waals surface area contributed by atoms with Gasteiger partial charge >= 0.3 is 6.03 Å². The number of anilines is 1. The molecule has 3 aromatic carbocycles. The smallest absolute Gasteiger partial charge is 0.320 e. The number of benzene rings is 3. The molecular formula is C22H19Cl2FN2O. The second kappa shape index (κ2) is 9.58. The molecule has 0 bridgehead atoms. The highest BCUT2D eigenvalue weighted by Gasteiger charge is 2.15. The van der Waals surface area contributed by atoms with E-state index in [0.717, 1.165) is 11.1 Å². The molecule has 0 saturated heterocycles. The Kier molecular flexibility index (Phi) is 6.90. The zero-order chi connectivity index (χ0) is 19.9. The van der Waals surface area contributed by atoms with Crippen LogP contribution in [0.15, 0.2) is 72.8 Å². The Bertz CT molecular complexity index is 933. The average molecular weight is 417 g/mol. The quantitative estimate of drug-likeness (QED) is 0.494. The third-order valence-electron chi connectivity index (χ3n) is 4.27. The van der Waals surface area contributed by atoms with Crippen LogP contribution in [0.2, 0.25) is 10.0 Å². The summed E-state index contributed by atoms with van der Waals surface area (Å²) in [5.41, 5.74) is 2.45. The summed E-state index contributed by atoms with van der Waals surface area (Å²) in [6.07, 6.45) is 0.569. The first kappa shape index (κ1) is 20.2. The molecule has 0 heterocycles. The van der Waals surface area contributed by atoms with Gasteiger partial charge in [0.25, 0.3) is 0 Å². The van der Waals surface area contributed by atoms with Crippen LogP contribution in [-0.4, -0.2) is 17.5 Å². The Morgan fingerprint density at radius 3 is 2.36 bits per heavy atom. The average Bonchev–Trinajstić information content (AvgIpc) is 2.68. The standard InChI is InChI=1S/C22H19Cl2FN2O/c23-18-9-8-17(21(24)14-18)12-13-27(15-16-6-10-19(25)11-7-16)22(28)26-20-4-2-1-3-5-20/h1-11,14H,12-13,15H2,(H,26,28). The molecule has 144 valence electrons. The number of urea groups is 1.